The lowest BCUT2D eigenvalue weighted by molar-refractivity contribution is -0.116. The van der Waals surface area contributed by atoms with Crippen molar-refractivity contribution in [1.82, 2.24) is 0 Å². The van der Waals surface area contributed by atoms with Crippen LogP contribution >= 0.6 is 11.8 Å². The third kappa shape index (κ3) is 2.26. The van der Waals surface area contributed by atoms with Crippen LogP contribution in [0.15, 0.2) is 40.8 Å². The first kappa shape index (κ1) is 12.0. The first-order chi connectivity index (χ1) is 8.86. The number of rotatable bonds is 2. The maximum atomic E-state index is 12.6. The first-order valence-electron chi connectivity index (χ1n) is 6.81. The summed E-state index contributed by atoms with van der Waals surface area (Å²) in [5.74, 6) is 1.42. The smallest absolute Gasteiger partial charge is 0.166 e. The third-order valence-electron chi connectivity index (χ3n) is 3.87. The molecule has 0 N–H and O–H groups in total. The van der Waals surface area contributed by atoms with Crippen molar-refractivity contribution in [2.75, 3.05) is 5.75 Å². The van der Waals surface area contributed by atoms with E-state index in [4.69, 9.17) is 0 Å². The summed E-state index contributed by atoms with van der Waals surface area (Å²) >= 11 is 1.83. The Bertz CT molecular complexity index is 490. The van der Waals surface area contributed by atoms with Crippen LogP contribution in [-0.4, -0.2) is 11.5 Å². The van der Waals surface area contributed by atoms with Crippen LogP contribution in [0.1, 0.15) is 43.6 Å². The fourth-order valence-electron chi connectivity index (χ4n) is 2.84. The molecule has 1 aromatic carbocycles. The zero-order valence-electron chi connectivity index (χ0n) is 10.5. The molecule has 0 radical (unpaired) electrons. The molecular weight excluding hydrogens is 240 g/mol. The molecular formula is C16H18OS. The fraction of sp³-hybridized carbons (Fsp3) is 0.438. The van der Waals surface area contributed by atoms with E-state index in [0.717, 1.165) is 24.2 Å². The van der Waals surface area contributed by atoms with Crippen molar-refractivity contribution in [3.8, 4) is 0 Å². The maximum absolute atomic E-state index is 12.6. The van der Waals surface area contributed by atoms with Crippen LogP contribution in [0.2, 0.25) is 0 Å². The van der Waals surface area contributed by atoms with Gasteiger partial charge in [-0.05, 0) is 42.9 Å². The zero-order chi connectivity index (χ0) is 12.4. The first-order valence-corrected chi connectivity index (χ1v) is 7.80. The minimum atomic E-state index is 0.107. The minimum absolute atomic E-state index is 0.107. The third-order valence-corrected chi connectivity index (χ3v) is 5.06. The molecule has 0 bridgehead atoms. The van der Waals surface area contributed by atoms with Crippen LogP contribution in [-0.2, 0) is 4.79 Å². The predicted octanol–water partition coefficient (Wildman–Crippen LogP) is 4.34. The van der Waals surface area contributed by atoms with Crippen LogP contribution in [0.4, 0.5) is 0 Å². The van der Waals surface area contributed by atoms with Gasteiger partial charge in [-0.1, -0.05) is 30.7 Å². The van der Waals surface area contributed by atoms with E-state index in [1.165, 1.54) is 29.7 Å². The number of hydrogen-bond acceptors (Lipinski definition) is 2. The van der Waals surface area contributed by atoms with Gasteiger partial charge >= 0.3 is 0 Å². The number of Topliss-reactive ketones (excluding diaryl/α,β-unsaturated/α-hetero) is 1. The van der Waals surface area contributed by atoms with Crippen molar-refractivity contribution in [3.05, 3.63) is 41.5 Å². The summed E-state index contributed by atoms with van der Waals surface area (Å²) in [6.07, 6.45) is 7.96. The van der Waals surface area contributed by atoms with Gasteiger partial charge in [0.15, 0.2) is 5.78 Å². The van der Waals surface area contributed by atoms with Crippen molar-refractivity contribution >= 4 is 17.5 Å². The van der Waals surface area contributed by atoms with Gasteiger partial charge in [0.05, 0.1) is 5.92 Å². The Balaban J connectivity index is 1.84. The highest BCUT2D eigenvalue weighted by atomic mass is 32.2. The summed E-state index contributed by atoms with van der Waals surface area (Å²) in [5.41, 5.74) is 2.34. The van der Waals surface area contributed by atoms with E-state index in [1.807, 2.05) is 17.8 Å². The molecule has 0 saturated heterocycles. The Morgan fingerprint density at radius 1 is 1.17 bits per heavy atom. The molecule has 1 heterocycles. The highest BCUT2D eigenvalue weighted by Gasteiger charge is 2.30. The SMILES string of the molecule is O=C(C1=CCCCCC1)C1CSc2ccccc21. The van der Waals surface area contributed by atoms with Gasteiger partial charge in [-0.2, -0.15) is 0 Å². The van der Waals surface area contributed by atoms with Gasteiger partial charge < -0.3 is 0 Å². The summed E-state index contributed by atoms with van der Waals surface area (Å²) in [7, 11) is 0. The number of allylic oxidation sites excluding steroid dienone is 2. The van der Waals surface area contributed by atoms with Gasteiger partial charge in [-0.3, -0.25) is 4.79 Å². The van der Waals surface area contributed by atoms with E-state index in [1.54, 1.807) is 0 Å². The number of carbonyl (C=O) groups is 1. The van der Waals surface area contributed by atoms with Crippen LogP contribution in [0.3, 0.4) is 0 Å². The highest BCUT2D eigenvalue weighted by Crippen LogP contribution is 2.41. The molecule has 1 nitrogen and oxygen atoms in total. The van der Waals surface area contributed by atoms with Crippen molar-refractivity contribution in [1.29, 1.82) is 0 Å². The molecule has 1 aliphatic carbocycles. The summed E-state index contributed by atoms with van der Waals surface area (Å²) in [5, 5.41) is 0. The molecule has 0 aromatic heterocycles. The Hall–Kier alpha value is -1.02. The van der Waals surface area contributed by atoms with Gasteiger partial charge in [0.1, 0.15) is 0 Å². The van der Waals surface area contributed by atoms with Crippen LogP contribution in [0, 0.1) is 0 Å². The number of carbonyl (C=O) groups excluding carboxylic acids is 1. The predicted molar refractivity (Wildman–Crippen MR) is 76.1 cm³/mol. The fourth-order valence-corrected chi connectivity index (χ4v) is 4.07. The second kappa shape index (κ2) is 5.31. The standard InChI is InChI=1S/C16H18OS/c17-16(12-7-3-1-2-4-8-12)14-11-18-15-10-6-5-9-13(14)15/h5-7,9-10,14H,1-4,8,11H2. The molecule has 0 amide bonds. The molecule has 0 spiro atoms. The molecule has 18 heavy (non-hydrogen) atoms. The number of fused-ring (bicyclic) bond motifs is 1. The van der Waals surface area contributed by atoms with Gasteiger partial charge in [0.25, 0.3) is 0 Å². The number of benzene rings is 1. The summed E-state index contributed by atoms with van der Waals surface area (Å²) in [6.45, 7) is 0. The molecule has 2 heteroatoms. The summed E-state index contributed by atoms with van der Waals surface area (Å²) in [6, 6.07) is 8.36. The Morgan fingerprint density at radius 3 is 3.00 bits per heavy atom. The van der Waals surface area contributed by atoms with E-state index < -0.39 is 0 Å². The molecule has 2 aliphatic rings. The van der Waals surface area contributed by atoms with Crippen LogP contribution < -0.4 is 0 Å². The highest BCUT2D eigenvalue weighted by molar-refractivity contribution is 7.99. The topological polar surface area (TPSA) is 17.1 Å². The van der Waals surface area contributed by atoms with Gasteiger partial charge in [0.2, 0.25) is 0 Å². The lowest BCUT2D eigenvalue weighted by Gasteiger charge is -2.12. The largest absolute Gasteiger partial charge is 0.294 e. The molecule has 1 aliphatic heterocycles. The van der Waals surface area contributed by atoms with Gasteiger partial charge in [-0.25, -0.2) is 0 Å². The second-order valence-electron chi connectivity index (χ2n) is 5.09. The Labute approximate surface area is 113 Å². The van der Waals surface area contributed by atoms with E-state index >= 15 is 0 Å². The van der Waals surface area contributed by atoms with E-state index in [-0.39, 0.29) is 5.92 Å². The van der Waals surface area contributed by atoms with Crippen LogP contribution in [0.5, 0.6) is 0 Å². The Morgan fingerprint density at radius 2 is 2.06 bits per heavy atom. The minimum Gasteiger partial charge on any atom is -0.294 e. The average molecular weight is 258 g/mol. The van der Waals surface area contributed by atoms with Crippen molar-refractivity contribution in [3.63, 3.8) is 0 Å². The van der Waals surface area contributed by atoms with E-state index in [9.17, 15) is 4.79 Å². The second-order valence-corrected chi connectivity index (χ2v) is 6.16. The van der Waals surface area contributed by atoms with Crippen molar-refractivity contribution < 1.29 is 4.79 Å². The van der Waals surface area contributed by atoms with Crippen LogP contribution in [0.25, 0.3) is 0 Å². The molecule has 1 atom stereocenters. The summed E-state index contributed by atoms with van der Waals surface area (Å²) in [4.78, 5) is 13.9. The average Bonchev–Trinajstić information content (AvgIpc) is 2.65. The molecule has 0 saturated carbocycles. The monoisotopic (exact) mass is 258 g/mol. The Kier molecular flexibility index (Phi) is 3.55. The lowest BCUT2D eigenvalue weighted by Crippen LogP contribution is -2.14. The van der Waals surface area contributed by atoms with Gasteiger partial charge in [0, 0.05) is 10.6 Å². The zero-order valence-corrected chi connectivity index (χ0v) is 11.3. The number of ketones is 1. The molecule has 3 rings (SSSR count). The molecule has 0 fully saturated rings. The molecule has 1 aromatic rings. The van der Waals surface area contributed by atoms with E-state index in [0.29, 0.717) is 5.78 Å². The number of thioether (sulfide) groups is 1. The van der Waals surface area contributed by atoms with Crippen molar-refractivity contribution in [2.24, 2.45) is 0 Å². The molecule has 1 unspecified atom stereocenters. The maximum Gasteiger partial charge on any atom is 0.166 e. The van der Waals surface area contributed by atoms with E-state index in [2.05, 4.69) is 24.3 Å². The van der Waals surface area contributed by atoms with Gasteiger partial charge in [-0.15, -0.1) is 11.8 Å². The van der Waals surface area contributed by atoms with Crippen molar-refractivity contribution in [2.45, 2.75) is 42.9 Å². The number of hydrogen-bond donors (Lipinski definition) is 0. The lowest BCUT2D eigenvalue weighted by atomic mass is 9.90. The molecule has 94 valence electrons. The quantitative estimate of drug-likeness (QED) is 0.785. The normalized spacial score (nSPS) is 23.1. The summed E-state index contributed by atoms with van der Waals surface area (Å²) < 4.78 is 0.